The molecule has 0 saturated heterocycles. The first-order valence-electron chi connectivity index (χ1n) is 8.18. The summed E-state index contributed by atoms with van der Waals surface area (Å²) in [6.07, 6.45) is 2.58. The Morgan fingerprint density at radius 1 is 1.12 bits per heavy atom. The maximum absolute atomic E-state index is 12.6. The summed E-state index contributed by atoms with van der Waals surface area (Å²) in [7, 11) is 1.97. The summed E-state index contributed by atoms with van der Waals surface area (Å²) < 4.78 is 2.00. The summed E-state index contributed by atoms with van der Waals surface area (Å²) in [5.74, 6) is 0.0285. The lowest BCUT2D eigenvalue weighted by Gasteiger charge is -2.17. The van der Waals surface area contributed by atoms with Crippen LogP contribution in [0.3, 0.4) is 0 Å². The van der Waals surface area contributed by atoms with E-state index >= 15 is 0 Å². The number of benzene rings is 2. The molecule has 1 heterocycles. The molecule has 0 aliphatic rings. The minimum Gasteiger partial charge on any atom is -0.396 e. The molecule has 4 heteroatoms. The van der Waals surface area contributed by atoms with Crippen LogP contribution in [0.25, 0.3) is 10.9 Å². The van der Waals surface area contributed by atoms with Crippen LogP contribution in [0.4, 0.5) is 0 Å². The standard InChI is InChI=1S/C20H22N2O2/c1-22-12-10-17-18(8-5-9-19(17)22)20(24)21-14-16(11-13-23)15-6-3-2-4-7-15/h2-10,12,16,23H,11,13-14H2,1H3,(H,21,24). The molecule has 1 atom stereocenters. The molecule has 3 aromatic rings. The van der Waals surface area contributed by atoms with Crippen LogP contribution < -0.4 is 5.32 Å². The van der Waals surface area contributed by atoms with E-state index in [1.54, 1.807) is 0 Å². The average Bonchev–Trinajstić information content (AvgIpc) is 3.00. The van der Waals surface area contributed by atoms with E-state index in [1.165, 1.54) is 0 Å². The van der Waals surface area contributed by atoms with E-state index in [0.717, 1.165) is 16.5 Å². The minimum absolute atomic E-state index is 0.0781. The molecule has 3 rings (SSSR count). The maximum Gasteiger partial charge on any atom is 0.251 e. The molecular weight excluding hydrogens is 300 g/mol. The summed E-state index contributed by atoms with van der Waals surface area (Å²) in [6.45, 7) is 0.607. The van der Waals surface area contributed by atoms with Gasteiger partial charge < -0.3 is 15.0 Å². The zero-order valence-corrected chi connectivity index (χ0v) is 13.8. The van der Waals surface area contributed by atoms with Gasteiger partial charge in [-0.25, -0.2) is 0 Å². The number of fused-ring (bicyclic) bond motifs is 1. The maximum atomic E-state index is 12.6. The van der Waals surface area contributed by atoms with Gasteiger partial charge in [-0.1, -0.05) is 36.4 Å². The third-order valence-corrected chi connectivity index (χ3v) is 4.43. The number of carbonyl (C=O) groups is 1. The van der Waals surface area contributed by atoms with Crippen molar-refractivity contribution in [3.63, 3.8) is 0 Å². The van der Waals surface area contributed by atoms with Crippen molar-refractivity contribution in [2.75, 3.05) is 13.2 Å². The molecule has 0 aliphatic heterocycles. The number of amides is 1. The smallest absolute Gasteiger partial charge is 0.251 e. The average molecular weight is 322 g/mol. The molecule has 0 bridgehead atoms. The fourth-order valence-electron chi connectivity index (χ4n) is 3.08. The number of nitrogens with one attached hydrogen (secondary N) is 1. The predicted octanol–water partition coefficient (Wildman–Crippen LogP) is 3.07. The fourth-order valence-corrected chi connectivity index (χ4v) is 3.08. The Labute approximate surface area is 141 Å². The van der Waals surface area contributed by atoms with Crippen LogP contribution in [0.15, 0.2) is 60.8 Å². The molecule has 1 aromatic heterocycles. The first-order chi connectivity index (χ1) is 11.7. The summed E-state index contributed by atoms with van der Waals surface area (Å²) in [5.41, 5.74) is 2.85. The third kappa shape index (κ3) is 3.34. The van der Waals surface area contributed by atoms with Gasteiger partial charge in [0.05, 0.1) is 0 Å². The van der Waals surface area contributed by atoms with Crippen LogP contribution in [0.2, 0.25) is 0 Å². The first-order valence-corrected chi connectivity index (χ1v) is 8.18. The molecule has 2 aromatic carbocycles. The zero-order valence-electron chi connectivity index (χ0n) is 13.8. The molecule has 2 N–H and O–H groups in total. The number of aryl methyl sites for hydroxylation is 1. The number of aliphatic hydroxyl groups is 1. The highest BCUT2D eigenvalue weighted by Crippen LogP contribution is 2.21. The van der Waals surface area contributed by atoms with E-state index in [-0.39, 0.29) is 18.4 Å². The van der Waals surface area contributed by atoms with Crippen molar-refractivity contribution in [3.05, 3.63) is 71.9 Å². The van der Waals surface area contributed by atoms with Crippen molar-refractivity contribution >= 4 is 16.8 Å². The lowest BCUT2D eigenvalue weighted by atomic mass is 9.96. The van der Waals surface area contributed by atoms with Crippen molar-refractivity contribution in [1.82, 2.24) is 9.88 Å². The molecular formula is C20H22N2O2. The number of carbonyl (C=O) groups excluding carboxylic acids is 1. The number of aliphatic hydroxyl groups excluding tert-OH is 1. The molecule has 0 spiro atoms. The van der Waals surface area contributed by atoms with Crippen LogP contribution in [0.1, 0.15) is 28.3 Å². The van der Waals surface area contributed by atoms with E-state index in [1.807, 2.05) is 72.4 Å². The molecule has 24 heavy (non-hydrogen) atoms. The molecule has 0 radical (unpaired) electrons. The van der Waals surface area contributed by atoms with Crippen molar-refractivity contribution in [2.24, 2.45) is 7.05 Å². The van der Waals surface area contributed by atoms with Crippen molar-refractivity contribution in [2.45, 2.75) is 12.3 Å². The molecule has 0 fully saturated rings. The van der Waals surface area contributed by atoms with E-state index < -0.39 is 0 Å². The number of aromatic nitrogens is 1. The number of nitrogens with zero attached hydrogens (tertiary/aromatic N) is 1. The van der Waals surface area contributed by atoms with Gasteiger partial charge in [-0.15, -0.1) is 0 Å². The highest BCUT2D eigenvalue weighted by atomic mass is 16.3. The summed E-state index contributed by atoms with van der Waals surface area (Å²) in [5, 5.41) is 13.3. The minimum atomic E-state index is -0.0781. The van der Waals surface area contributed by atoms with Gasteiger partial charge in [-0.3, -0.25) is 4.79 Å². The number of rotatable bonds is 6. The molecule has 0 aliphatic carbocycles. The molecule has 0 saturated carbocycles. The predicted molar refractivity (Wildman–Crippen MR) is 96.1 cm³/mol. The molecule has 1 amide bonds. The van der Waals surface area contributed by atoms with Crippen LogP contribution in [-0.4, -0.2) is 28.7 Å². The summed E-state index contributed by atoms with van der Waals surface area (Å²) >= 11 is 0. The van der Waals surface area contributed by atoms with E-state index in [4.69, 9.17) is 0 Å². The van der Waals surface area contributed by atoms with Gasteiger partial charge in [0, 0.05) is 48.8 Å². The quantitative estimate of drug-likeness (QED) is 0.733. The Morgan fingerprint density at radius 3 is 2.67 bits per heavy atom. The second kappa shape index (κ2) is 7.32. The number of hydrogen-bond acceptors (Lipinski definition) is 2. The second-order valence-electron chi connectivity index (χ2n) is 5.99. The SMILES string of the molecule is Cn1ccc2c(C(=O)NCC(CCO)c3ccccc3)cccc21. The van der Waals surface area contributed by atoms with Gasteiger partial charge >= 0.3 is 0 Å². The Bertz CT molecular complexity index is 824. The van der Waals surface area contributed by atoms with Crippen molar-refractivity contribution in [3.8, 4) is 0 Å². The summed E-state index contributed by atoms with van der Waals surface area (Å²) in [4.78, 5) is 12.6. The summed E-state index contributed by atoms with van der Waals surface area (Å²) in [6, 6.07) is 17.7. The van der Waals surface area contributed by atoms with Crippen LogP contribution in [-0.2, 0) is 7.05 Å². The Morgan fingerprint density at radius 2 is 1.92 bits per heavy atom. The number of hydrogen-bond donors (Lipinski definition) is 2. The molecule has 1 unspecified atom stereocenters. The van der Waals surface area contributed by atoms with Gasteiger partial charge in [-0.2, -0.15) is 0 Å². The Hall–Kier alpha value is -2.59. The van der Waals surface area contributed by atoms with E-state index in [0.29, 0.717) is 18.5 Å². The lowest BCUT2D eigenvalue weighted by Crippen LogP contribution is -2.29. The van der Waals surface area contributed by atoms with Gasteiger partial charge in [0.1, 0.15) is 0 Å². The van der Waals surface area contributed by atoms with Crippen LogP contribution in [0.5, 0.6) is 0 Å². The largest absolute Gasteiger partial charge is 0.396 e. The second-order valence-corrected chi connectivity index (χ2v) is 5.99. The van der Waals surface area contributed by atoms with E-state index in [9.17, 15) is 9.90 Å². The highest BCUT2D eigenvalue weighted by molar-refractivity contribution is 6.06. The topological polar surface area (TPSA) is 54.3 Å². The van der Waals surface area contributed by atoms with Crippen molar-refractivity contribution in [1.29, 1.82) is 0 Å². The van der Waals surface area contributed by atoms with Gasteiger partial charge in [0.2, 0.25) is 0 Å². The third-order valence-electron chi connectivity index (χ3n) is 4.43. The molecule has 124 valence electrons. The Kier molecular flexibility index (Phi) is 4.96. The normalized spacial score (nSPS) is 12.2. The Balaban J connectivity index is 1.76. The van der Waals surface area contributed by atoms with Crippen LogP contribution in [0, 0.1) is 0 Å². The monoisotopic (exact) mass is 322 g/mol. The fraction of sp³-hybridized carbons (Fsp3) is 0.250. The van der Waals surface area contributed by atoms with Crippen molar-refractivity contribution < 1.29 is 9.90 Å². The van der Waals surface area contributed by atoms with Gasteiger partial charge in [0.15, 0.2) is 0 Å². The van der Waals surface area contributed by atoms with E-state index in [2.05, 4.69) is 5.32 Å². The first kappa shape index (κ1) is 16.3. The van der Waals surface area contributed by atoms with Gasteiger partial charge in [0.25, 0.3) is 5.91 Å². The highest BCUT2D eigenvalue weighted by Gasteiger charge is 2.15. The van der Waals surface area contributed by atoms with Gasteiger partial charge in [-0.05, 0) is 30.2 Å². The van der Waals surface area contributed by atoms with Crippen LogP contribution >= 0.6 is 0 Å². The zero-order chi connectivity index (χ0) is 16.9. The lowest BCUT2D eigenvalue weighted by molar-refractivity contribution is 0.0951. The molecule has 4 nitrogen and oxygen atoms in total.